The van der Waals surface area contributed by atoms with Crippen LogP contribution in [-0.2, 0) is 0 Å². The second kappa shape index (κ2) is 6.20. The first kappa shape index (κ1) is 15.1. The SMILES string of the molecule is COc1cccc(Nc2n[nH]c3nnccc23)c1-c1cccc(F)c1. The van der Waals surface area contributed by atoms with Crippen molar-refractivity contribution in [2.24, 2.45) is 0 Å². The number of aromatic amines is 1. The van der Waals surface area contributed by atoms with Gasteiger partial charge in [-0.1, -0.05) is 18.2 Å². The molecule has 0 aliphatic heterocycles. The maximum atomic E-state index is 13.7. The minimum atomic E-state index is -0.310. The van der Waals surface area contributed by atoms with Crippen molar-refractivity contribution in [3.63, 3.8) is 0 Å². The van der Waals surface area contributed by atoms with E-state index in [1.165, 1.54) is 12.1 Å². The van der Waals surface area contributed by atoms with E-state index in [1.807, 2.05) is 30.3 Å². The van der Waals surface area contributed by atoms with E-state index in [4.69, 9.17) is 4.74 Å². The van der Waals surface area contributed by atoms with Gasteiger partial charge in [0.2, 0.25) is 0 Å². The van der Waals surface area contributed by atoms with Gasteiger partial charge in [-0.2, -0.15) is 10.2 Å². The van der Waals surface area contributed by atoms with Crippen LogP contribution in [0.2, 0.25) is 0 Å². The second-order valence-electron chi connectivity index (χ2n) is 5.38. The highest BCUT2D eigenvalue weighted by Crippen LogP contribution is 2.38. The maximum absolute atomic E-state index is 13.7. The summed E-state index contributed by atoms with van der Waals surface area (Å²) in [6, 6.07) is 13.8. The predicted molar refractivity (Wildman–Crippen MR) is 93.4 cm³/mol. The van der Waals surface area contributed by atoms with Crippen LogP contribution in [0.15, 0.2) is 54.7 Å². The quantitative estimate of drug-likeness (QED) is 0.591. The van der Waals surface area contributed by atoms with Crippen LogP contribution in [0.1, 0.15) is 0 Å². The van der Waals surface area contributed by atoms with Gasteiger partial charge in [-0.25, -0.2) is 4.39 Å². The molecule has 0 unspecified atom stereocenters. The van der Waals surface area contributed by atoms with E-state index in [0.717, 1.165) is 16.6 Å². The fourth-order valence-electron chi connectivity index (χ4n) is 2.74. The number of benzene rings is 2. The molecular formula is C18H14FN5O. The van der Waals surface area contributed by atoms with Gasteiger partial charge in [0, 0.05) is 5.56 Å². The van der Waals surface area contributed by atoms with Crippen LogP contribution < -0.4 is 10.1 Å². The molecule has 0 bridgehead atoms. The van der Waals surface area contributed by atoms with Crippen molar-refractivity contribution in [1.29, 1.82) is 0 Å². The number of hydrogen-bond donors (Lipinski definition) is 2. The molecule has 2 N–H and O–H groups in total. The topological polar surface area (TPSA) is 75.7 Å². The third kappa shape index (κ3) is 2.76. The Morgan fingerprint density at radius 3 is 2.84 bits per heavy atom. The molecule has 0 aliphatic carbocycles. The number of hydrogen-bond acceptors (Lipinski definition) is 5. The lowest BCUT2D eigenvalue weighted by Crippen LogP contribution is -1.97. The summed E-state index contributed by atoms with van der Waals surface area (Å²) >= 11 is 0. The molecule has 0 spiro atoms. The van der Waals surface area contributed by atoms with E-state index in [2.05, 4.69) is 25.7 Å². The Morgan fingerprint density at radius 1 is 1.12 bits per heavy atom. The second-order valence-corrected chi connectivity index (χ2v) is 5.38. The highest BCUT2D eigenvalue weighted by molar-refractivity contribution is 5.92. The number of aromatic nitrogens is 4. The molecule has 2 aromatic carbocycles. The first-order chi connectivity index (χ1) is 12.3. The summed E-state index contributed by atoms with van der Waals surface area (Å²) in [5.74, 6) is 0.931. The molecule has 4 rings (SSSR count). The minimum Gasteiger partial charge on any atom is -0.496 e. The van der Waals surface area contributed by atoms with Crippen molar-refractivity contribution >= 4 is 22.5 Å². The fourth-order valence-corrected chi connectivity index (χ4v) is 2.74. The normalized spacial score (nSPS) is 10.8. The van der Waals surface area contributed by atoms with Crippen molar-refractivity contribution in [3.05, 3.63) is 60.5 Å². The molecule has 7 heteroatoms. The van der Waals surface area contributed by atoms with Crippen molar-refractivity contribution in [2.45, 2.75) is 0 Å². The summed E-state index contributed by atoms with van der Waals surface area (Å²) in [6.45, 7) is 0. The standard InChI is InChI=1S/C18H14FN5O/c1-25-15-7-3-6-14(16(15)11-4-2-5-12(19)10-11)21-17-13-8-9-20-22-18(13)24-23-17/h2-10H,1H3,(H2,21,22,23,24). The molecule has 2 aromatic heterocycles. The number of nitrogens with zero attached hydrogens (tertiary/aromatic N) is 3. The molecule has 0 radical (unpaired) electrons. The highest BCUT2D eigenvalue weighted by atomic mass is 19.1. The summed E-state index contributed by atoms with van der Waals surface area (Å²) in [6.07, 6.45) is 1.60. The third-order valence-corrected chi connectivity index (χ3v) is 3.86. The van der Waals surface area contributed by atoms with E-state index in [9.17, 15) is 4.39 Å². The zero-order chi connectivity index (χ0) is 17.2. The van der Waals surface area contributed by atoms with Gasteiger partial charge in [-0.05, 0) is 35.9 Å². The van der Waals surface area contributed by atoms with Crippen molar-refractivity contribution in [2.75, 3.05) is 12.4 Å². The molecule has 4 aromatic rings. The summed E-state index contributed by atoms with van der Waals surface area (Å²) in [7, 11) is 1.58. The zero-order valence-electron chi connectivity index (χ0n) is 13.3. The lowest BCUT2D eigenvalue weighted by atomic mass is 10.0. The number of methoxy groups -OCH3 is 1. The molecule has 6 nitrogen and oxygen atoms in total. The van der Waals surface area contributed by atoms with Gasteiger partial charge in [0.1, 0.15) is 11.6 Å². The smallest absolute Gasteiger partial charge is 0.180 e. The third-order valence-electron chi connectivity index (χ3n) is 3.86. The Morgan fingerprint density at radius 2 is 2.00 bits per heavy atom. The molecule has 0 saturated carbocycles. The highest BCUT2D eigenvalue weighted by Gasteiger charge is 2.15. The molecule has 0 fully saturated rings. The van der Waals surface area contributed by atoms with Crippen LogP contribution in [0.5, 0.6) is 5.75 Å². The Hall–Kier alpha value is -3.48. The van der Waals surface area contributed by atoms with Gasteiger partial charge in [0.25, 0.3) is 0 Å². The van der Waals surface area contributed by atoms with E-state index in [-0.39, 0.29) is 5.82 Å². The van der Waals surface area contributed by atoms with Crippen LogP contribution in [-0.4, -0.2) is 27.5 Å². The lowest BCUT2D eigenvalue weighted by molar-refractivity contribution is 0.416. The molecule has 0 aliphatic rings. The largest absolute Gasteiger partial charge is 0.496 e. The minimum absolute atomic E-state index is 0.310. The number of nitrogens with one attached hydrogen (secondary N) is 2. The van der Waals surface area contributed by atoms with E-state index in [0.29, 0.717) is 22.8 Å². The monoisotopic (exact) mass is 335 g/mol. The van der Waals surface area contributed by atoms with Crippen molar-refractivity contribution in [3.8, 4) is 16.9 Å². The average Bonchev–Trinajstić information content (AvgIpc) is 3.04. The average molecular weight is 335 g/mol. The number of ether oxygens (including phenoxy) is 1. The lowest BCUT2D eigenvalue weighted by Gasteiger charge is -2.15. The van der Waals surface area contributed by atoms with Crippen molar-refractivity contribution in [1.82, 2.24) is 20.4 Å². The molecule has 124 valence electrons. The zero-order valence-corrected chi connectivity index (χ0v) is 13.3. The number of halogens is 1. The van der Waals surface area contributed by atoms with Crippen molar-refractivity contribution < 1.29 is 9.13 Å². The Bertz CT molecular complexity index is 1050. The van der Waals surface area contributed by atoms with E-state index in [1.54, 1.807) is 19.4 Å². The molecule has 0 saturated heterocycles. The first-order valence-electron chi connectivity index (χ1n) is 7.62. The number of fused-ring (bicyclic) bond motifs is 1. The Labute approximate surface area is 142 Å². The van der Waals surface area contributed by atoms with Gasteiger partial charge in [0.05, 0.1) is 24.4 Å². The van der Waals surface area contributed by atoms with Crippen LogP contribution in [0.4, 0.5) is 15.9 Å². The van der Waals surface area contributed by atoms with Gasteiger partial charge < -0.3 is 10.1 Å². The van der Waals surface area contributed by atoms with Gasteiger partial charge in [-0.3, -0.25) is 5.10 Å². The Kier molecular flexibility index (Phi) is 3.74. The number of H-pyrrole nitrogens is 1. The molecule has 0 amide bonds. The maximum Gasteiger partial charge on any atom is 0.180 e. The van der Waals surface area contributed by atoms with Crippen LogP contribution >= 0.6 is 0 Å². The Balaban J connectivity index is 1.85. The van der Waals surface area contributed by atoms with E-state index >= 15 is 0 Å². The molecule has 0 atom stereocenters. The van der Waals surface area contributed by atoms with Crippen LogP contribution in [0, 0.1) is 5.82 Å². The van der Waals surface area contributed by atoms with Gasteiger partial charge in [0.15, 0.2) is 11.5 Å². The summed E-state index contributed by atoms with van der Waals surface area (Å²) < 4.78 is 19.2. The van der Waals surface area contributed by atoms with E-state index < -0.39 is 0 Å². The molecular weight excluding hydrogens is 321 g/mol. The number of rotatable bonds is 4. The van der Waals surface area contributed by atoms with Crippen LogP contribution in [0.25, 0.3) is 22.2 Å². The summed E-state index contributed by atoms with van der Waals surface area (Å²) in [5.41, 5.74) is 2.79. The number of anilines is 2. The first-order valence-corrected chi connectivity index (χ1v) is 7.62. The fraction of sp³-hybridized carbons (Fsp3) is 0.0556. The summed E-state index contributed by atoms with van der Waals surface area (Å²) in [5, 5.41) is 19.0. The predicted octanol–water partition coefficient (Wildman–Crippen LogP) is 3.91. The van der Waals surface area contributed by atoms with Gasteiger partial charge in [-0.15, -0.1) is 5.10 Å². The molecule has 25 heavy (non-hydrogen) atoms. The molecule has 2 heterocycles. The van der Waals surface area contributed by atoms with Gasteiger partial charge >= 0.3 is 0 Å². The van der Waals surface area contributed by atoms with Crippen LogP contribution in [0.3, 0.4) is 0 Å². The summed E-state index contributed by atoms with van der Waals surface area (Å²) in [4.78, 5) is 0.